The molecule has 9 aromatic rings. The maximum absolute atomic E-state index is 14.5. The molecule has 292 valence electrons. The first-order valence-corrected chi connectivity index (χ1v) is 21.6. The summed E-state index contributed by atoms with van der Waals surface area (Å²) >= 11 is 3.69. The molecule has 0 unspecified atom stereocenters. The fourth-order valence-corrected chi connectivity index (χ4v) is 9.68. The molecule has 2 aromatic heterocycles. The van der Waals surface area contributed by atoms with Gasteiger partial charge in [-0.3, -0.25) is 0 Å². The molecule has 0 aliphatic rings. The molecular weight excluding hydrogens is 801 g/mol. The van der Waals surface area contributed by atoms with Gasteiger partial charge in [0.05, 0.1) is 10.2 Å². The highest BCUT2D eigenvalue weighted by molar-refractivity contribution is 7.97. The number of aromatic nitrogens is 2. The Hall–Kier alpha value is -6.85. The first-order valence-electron chi connectivity index (χ1n) is 19.2. The number of carbonyl (C=O) groups excluding carboxylic acids is 1. The maximum atomic E-state index is 14.5. The number of benzene rings is 7. The van der Waals surface area contributed by atoms with Crippen LogP contribution in [0.1, 0.15) is 39.1 Å². The minimum atomic E-state index is -1.25. The van der Waals surface area contributed by atoms with Crippen molar-refractivity contribution in [2.24, 2.45) is 5.16 Å². The van der Waals surface area contributed by atoms with Crippen molar-refractivity contribution in [2.75, 3.05) is 5.32 Å². The Kier molecular flexibility index (Phi) is 11.3. The Morgan fingerprint density at radius 3 is 1.45 bits per heavy atom. The number of carbonyl (C=O) groups is 1. The Morgan fingerprint density at radius 1 is 0.550 bits per heavy atom. The first-order chi connectivity index (χ1) is 29.6. The molecule has 0 aliphatic heterocycles. The molecule has 0 radical (unpaired) electrons. The molecule has 0 amide bonds. The number of hydrogen-bond donors (Lipinski definition) is 1. The predicted octanol–water partition coefficient (Wildman–Crippen LogP) is 12.1. The standard InChI is InChI=1S/C50H36N4O3S3/c55-46(56-60-48-52-42-33-19-20-34-44(42)59-48)45(54-57-50(39-27-13-4-14-28-39,40-29-15-5-16-30-40)41-31-17-6-18-32-41)43-35-58-47(51-43)53-49(36-21-7-1-8-22-36,37-23-9-2-10-24-37)38-25-11-3-12-26-38/h1-35H,(H,51,53)/b54-45+. The van der Waals surface area contributed by atoms with Crippen LogP contribution in [0.15, 0.2) is 221 Å². The van der Waals surface area contributed by atoms with Crippen LogP contribution in [0.5, 0.6) is 0 Å². The fourth-order valence-electron chi connectivity index (χ4n) is 7.36. The largest absolute Gasteiger partial charge is 0.379 e. The lowest BCUT2D eigenvalue weighted by Gasteiger charge is -2.36. The van der Waals surface area contributed by atoms with Crippen LogP contribution in [0.3, 0.4) is 0 Å². The Morgan fingerprint density at radius 2 is 0.983 bits per heavy atom. The highest BCUT2D eigenvalue weighted by Crippen LogP contribution is 2.43. The molecule has 0 spiro atoms. The summed E-state index contributed by atoms with van der Waals surface area (Å²) in [6.07, 6.45) is 0. The number of nitrogens with zero attached hydrogens (tertiary/aromatic N) is 3. The van der Waals surface area contributed by atoms with Gasteiger partial charge in [-0.2, -0.15) is 0 Å². The zero-order valence-corrected chi connectivity index (χ0v) is 34.4. The van der Waals surface area contributed by atoms with E-state index < -0.39 is 17.1 Å². The van der Waals surface area contributed by atoms with Gasteiger partial charge in [-0.05, 0) is 28.8 Å². The molecule has 1 N–H and O–H groups in total. The summed E-state index contributed by atoms with van der Waals surface area (Å²) in [6.45, 7) is 0. The van der Waals surface area contributed by atoms with Crippen LogP contribution in [0.4, 0.5) is 5.13 Å². The summed E-state index contributed by atoms with van der Waals surface area (Å²) in [6, 6.07) is 68.3. The third-order valence-corrected chi connectivity index (χ3v) is 12.6. The Labute approximate surface area is 360 Å². The van der Waals surface area contributed by atoms with Crippen molar-refractivity contribution >= 4 is 61.7 Å². The lowest BCUT2D eigenvalue weighted by Crippen LogP contribution is -2.38. The van der Waals surface area contributed by atoms with Crippen molar-refractivity contribution in [1.82, 2.24) is 9.97 Å². The van der Waals surface area contributed by atoms with Gasteiger partial charge in [-0.1, -0.05) is 199 Å². The van der Waals surface area contributed by atoms with Gasteiger partial charge in [-0.15, -0.1) is 22.7 Å². The zero-order valence-electron chi connectivity index (χ0n) is 32.0. The maximum Gasteiger partial charge on any atom is 0.375 e. The Bertz CT molecular complexity index is 2610. The molecule has 2 heterocycles. The van der Waals surface area contributed by atoms with Gasteiger partial charge in [0.15, 0.2) is 9.47 Å². The van der Waals surface area contributed by atoms with Crippen LogP contribution in [-0.2, 0) is 25.0 Å². The molecule has 60 heavy (non-hydrogen) atoms. The van der Waals surface area contributed by atoms with Crippen LogP contribution in [0.25, 0.3) is 10.2 Å². The quantitative estimate of drug-likeness (QED) is 0.0505. The molecule has 0 saturated carbocycles. The molecule has 0 bridgehead atoms. The lowest BCUT2D eigenvalue weighted by atomic mass is 9.77. The first kappa shape index (κ1) is 38.7. The van der Waals surface area contributed by atoms with Gasteiger partial charge in [0.2, 0.25) is 11.3 Å². The number of oxime groups is 1. The van der Waals surface area contributed by atoms with Crippen LogP contribution in [0, 0.1) is 0 Å². The third kappa shape index (κ3) is 7.71. The molecule has 0 atom stereocenters. The van der Waals surface area contributed by atoms with E-state index in [9.17, 15) is 4.79 Å². The molecule has 10 heteroatoms. The second-order valence-corrected chi connectivity index (χ2v) is 16.6. The number of para-hydroxylation sites is 1. The highest BCUT2D eigenvalue weighted by Gasteiger charge is 2.41. The number of fused-ring (bicyclic) bond motifs is 1. The van der Waals surface area contributed by atoms with E-state index in [0.29, 0.717) is 9.47 Å². The molecular formula is C50H36N4O3S3. The van der Waals surface area contributed by atoms with E-state index in [-0.39, 0.29) is 11.4 Å². The molecule has 9 rings (SSSR count). The van der Waals surface area contributed by atoms with Crippen molar-refractivity contribution in [1.29, 1.82) is 0 Å². The summed E-state index contributed by atoms with van der Waals surface area (Å²) in [5.74, 6) is -0.736. The summed E-state index contributed by atoms with van der Waals surface area (Å²) in [4.78, 5) is 31.1. The van der Waals surface area contributed by atoms with E-state index in [2.05, 4.69) is 46.7 Å². The van der Waals surface area contributed by atoms with E-state index >= 15 is 0 Å². The summed E-state index contributed by atoms with van der Waals surface area (Å²) in [5.41, 5.74) is 4.41. The van der Waals surface area contributed by atoms with Gasteiger partial charge >= 0.3 is 5.97 Å². The van der Waals surface area contributed by atoms with Crippen LogP contribution >= 0.6 is 34.7 Å². The van der Waals surface area contributed by atoms with E-state index in [1.165, 1.54) is 22.7 Å². The smallest absolute Gasteiger partial charge is 0.375 e. The van der Waals surface area contributed by atoms with Gasteiger partial charge < -0.3 is 14.3 Å². The van der Waals surface area contributed by atoms with Crippen LogP contribution in [0.2, 0.25) is 0 Å². The Balaban J connectivity index is 1.17. The van der Waals surface area contributed by atoms with Gasteiger partial charge in [0, 0.05) is 22.1 Å². The average Bonchev–Trinajstić information content (AvgIpc) is 3.97. The lowest BCUT2D eigenvalue weighted by molar-refractivity contribution is -0.126. The van der Waals surface area contributed by atoms with Crippen molar-refractivity contribution < 1.29 is 13.8 Å². The fraction of sp³-hybridized carbons (Fsp3) is 0.0400. The monoisotopic (exact) mass is 836 g/mol. The van der Waals surface area contributed by atoms with E-state index in [1.807, 2.05) is 170 Å². The highest BCUT2D eigenvalue weighted by atomic mass is 32.2. The van der Waals surface area contributed by atoms with E-state index in [4.69, 9.17) is 19.2 Å². The molecule has 7 nitrogen and oxygen atoms in total. The van der Waals surface area contributed by atoms with Gasteiger partial charge in [0.1, 0.15) is 23.3 Å². The van der Waals surface area contributed by atoms with E-state index in [0.717, 1.165) is 55.6 Å². The number of rotatable bonds is 14. The molecule has 0 saturated heterocycles. The minimum Gasteiger partial charge on any atom is -0.379 e. The second-order valence-electron chi connectivity index (χ2n) is 13.7. The number of nitrogens with one attached hydrogen (secondary N) is 1. The normalized spacial score (nSPS) is 11.9. The second kappa shape index (κ2) is 17.6. The van der Waals surface area contributed by atoms with Crippen molar-refractivity contribution in [3.63, 3.8) is 0 Å². The number of thiazole rings is 2. The van der Waals surface area contributed by atoms with E-state index in [1.54, 1.807) is 5.38 Å². The summed E-state index contributed by atoms with van der Waals surface area (Å²) < 4.78 is 7.50. The minimum absolute atomic E-state index is 0.107. The molecule has 7 aromatic carbocycles. The topological polar surface area (TPSA) is 85.7 Å². The molecule has 0 aliphatic carbocycles. The van der Waals surface area contributed by atoms with Crippen LogP contribution < -0.4 is 5.32 Å². The number of hydrogen-bond acceptors (Lipinski definition) is 10. The SMILES string of the molecule is O=C(OSc1nc2ccccc2s1)/C(=N/OC(c1ccccc1)(c1ccccc1)c1ccccc1)c1csc(NC(c2ccccc2)(c2ccccc2)c2ccccc2)n1. The van der Waals surface area contributed by atoms with Crippen molar-refractivity contribution in [3.8, 4) is 0 Å². The zero-order chi connectivity index (χ0) is 40.6. The van der Waals surface area contributed by atoms with Gasteiger partial charge in [-0.25, -0.2) is 14.8 Å². The van der Waals surface area contributed by atoms with Crippen molar-refractivity contribution in [2.45, 2.75) is 15.5 Å². The van der Waals surface area contributed by atoms with Gasteiger partial charge in [0.25, 0.3) is 0 Å². The number of anilines is 1. The summed E-state index contributed by atoms with van der Waals surface area (Å²) in [7, 11) is 0. The predicted molar refractivity (Wildman–Crippen MR) is 243 cm³/mol. The van der Waals surface area contributed by atoms with Crippen molar-refractivity contribution in [3.05, 3.63) is 251 Å². The average molecular weight is 837 g/mol. The summed E-state index contributed by atoms with van der Waals surface area (Å²) in [5, 5.41) is 10.9. The van der Waals surface area contributed by atoms with Crippen LogP contribution in [-0.4, -0.2) is 21.6 Å². The molecule has 0 fully saturated rings. The third-order valence-electron chi connectivity index (χ3n) is 10.1.